The highest BCUT2D eigenvalue weighted by Gasteiger charge is 2.30. The molecule has 0 bridgehead atoms. The smallest absolute Gasteiger partial charge is 0.174 e. The number of hydrogen-bond acceptors (Lipinski definition) is 4. The van der Waals surface area contributed by atoms with Crippen LogP contribution in [0.25, 0.3) is 0 Å². The van der Waals surface area contributed by atoms with Crippen molar-refractivity contribution < 1.29 is 5.11 Å². The molecule has 0 saturated carbocycles. The fraction of sp³-hybridized carbons (Fsp3) is 0.655. The van der Waals surface area contributed by atoms with Gasteiger partial charge in [-0.25, -0.2) is 0 Å². The fourth-order valence-corrected chi connectivity index (χ4v) is 7.13. The molecular weight excluding hydrogens is 517 g/mol. The van der Waals surface area contributed by atoms with Crippen molar-refractivity contribution in [2.75, 3.05) is 12.4 Å². The Morgan fingerprint density at radius 2 is 1.57 bits per heavy atom. The van der Waals surface area contributed by atoms with E-state index in [1.165, 1.54) is 54.6 Å². The van der Waals surface area contributed by atoms with Gasteiger partial charge in [0.25, 0.3) is 0 Å². The molecule has 2 aromatic rings. The van der Waals surface area contributed by atoms with Gasteiger partial charge in [-0.2, -0.15) is 12.6 Å². The molecule has 2 heterocycles. The van der Waals surface area contributed by atoms with Crippen LogP contribution in [0.4, 0.5) is 0 Å². The molecule has 37 heavy (non-hydrogen) atoms. The zero-order valence-electron chi connectivity index (χ0n) is 23.0. The van der Waals surface area contributed by atoms with Crippen LogP contribution in [0.2, 0.25) is 0 Å². The van der Waals surface area contributed by atoms with Crippen LogP contribution in [0.15, 0.2) is 34.7 Å². The number of allylic oxidation sites excluding steroid dienone is 2. The minimum absolute atomic E-state index is 0.225. The molecular formula is C29H46N4OS3. The lowest BCUT2D eigenvalue weighted by Crippen LogP contribution is -2.23. The van der Waals surface area contributed by atoms with Crippen LogP contribution in [-0.2, 0) is 6.42 Å². The van der Waals surface area contributed by atoms with Gasteiger partial charge in [0.2, 0.25) is 0 Å². The van der Waals surface area contributed by atoms with Gasteiger partial charge in [-0.05, 0) is 106 Å². The third kappa shape index (κ3) is 8.32. The van der Waals surface area contributed by atoms with Gasteiger partial charge < -0.3 is 25.0 Å². The molecule has 8 heteroatoms. The summed E-state index contributed by atoms with van der Waals surface area (Å²) in [6.45, 7) is 9.29. The first-order valence-electron chi connectivity index (χ1n) is 13.9. The van der Waals surface area contributed by atoms with E-state index in [0.29, 0.717) is 28.4 Å². The second-order valence-corrected chi connectivity index (χ2v) is 12.1. The molecule has 0 saturated heterocycles. The van der Waals surface area contributed by atoms with Crippen LogP contribution in [0.5, 0.6) is 0 Å². The molecule has 5 N–H and O–H groups in total. The number of imidazole rings is 2. The van der Waals surface area contributed by atoms with E-state index in [1.54, 1.807) is 11.1 Å². The molecule has 4 rings (SSSR count). The summed E-state index contributed by atoms with van der Waals surface area (Å²) in [7, 11) is 0. The monoisotopic (exact) mass is 562 g/mol. The maximum Gasteiger partial charge on any atom is 0.174 e. The van der Waals surface area contributed by atoms with Gasteiger partial charge in [-0.1, -0.05) is 44.4 Å². The number of aliphatic hydroxyl groups is 1. The number of rotatable bonds is 9. The fourth-order valence-electron chi connectivity index (χ4n) is 6.41. The van der Waals surface area contributed by atoms with Gasteiger partial charge in [0.15, 0.2) is 9.54 Å². The van der Waals surface area contributed by atoms with Crippen molar-refractivity contribution in [3.05, 3.63) is 55.6 Å². The molecule has 2 aliphatic carbocycles. The van der Waals surface area contributed by atoms with Crippen molar-refractivity contribution in [3.8, 4) is 0 Å². The molecule has 0 aliphatic heterocycles. The number of aromatic amines is 4. The summed E-state index contributed by atoms with van der Waals surface area (Å²) in [6, 6.07) is 0. The molecule has 0 aromatic carbocycles. The van der Waals surface area contributed by atoms with Crippen LogP contribution in [0, 0.1) is 27.3 Å². The minimum atomic E-state index is 0.225. The summed E-state index contributed by atoms with van der Waals surface area (Å²) >= 11 is 14.8. The van der Waals surface area contributed by atoms with E-state index in [2.05, 4.69) is 66.5 Å². The lowest BCUT2D eigenvalue weighted by atomic mass is 9.72. The lowest BCUT2D eigenvalue weighted by Gasteiger charge is -2.34. The van der Waals surface area contributed by atoms with Crippen LogP contribution in [0.1, 0.15) is 96.4 Å². The molecule has 2 aliphatic rings. The topological polar surface area (TPSA) is 83.4 Å². The summed E-state index contributed by atoms with van der Waals surface area (Å²) in [6.07, 6.45) is 14.4. The molecule has 3 atom stereocenters. The third-order valence-electron chi connectivity index (χ3n) is 8.31. The Balaban J connectivity index is 0.000000208. The largest absolute Gasteiger partial charge is 0.392 e. The maximum absolute atomic E-state index is 9.39. The Kier molecular flexibility index (Phi) is 12.0. The van der Waals surface area contributed by atoms with Crippen molar-refractivity contribution >= 4 is 37.1 Å². The van der Waals surface area contributed by atoms with Crippen LogP contribution < -0.4 is 0 Å². The van der Waals surface area contributed by atoms with E-state index in [0.717, 1.165) is 36.2 Å². The Morgan fingerprint density at radius 1 is 0.919 bits per heavy atom. The molecule has 0 amide bonds. The summed E-state index contributed by atoms with van der Waals surface area (Å²) in [4.78, 5) is 12.6. The predicted molar refractivity (Wildman–Crippen MR) is 163 cm³/mol. The van der Waals surface area contributed by atoms with Gasteiger partial charge in [-0.3, -0.25) is 0 Å². The van der Waals surface area contributed by atoms with E-state index < -0.39 is 0 Å². The standard InChI is InChI=1S/C16H26N2S2.C13H20N2OS/c1-4-11-5-6-12(7-13(11)9-19)15(10(2)3)14-8-17-16(20)18-14;1-2-10-4-3-9(5-11(10)8-16)6-12-7-14-13(17)15-12/h8,10,12,15,19H,4-7,9H2,1-3H3,(H2,17,18,20);7,9,16H,2-6,8H2,1H3,(H2,14,15,17). The number of aromatic nitrogens is 4. The first-order chi connectivity index (χ1) is 17.8. The highest BCUT2D eigenvalue weighted by molar-refractivity contribution is 7.80. The zero-order chi connectivity index (χ0) is 26.9. The van der Waals surface area contributed by atoms with Gasteiger partial charge in [0, 0.05) is 35.5 Å². The van der Waals surface area contributed by atoms with Crippen molar-refractivity contribution in [2.24, 2.45) is 17.8 Å². The Hall–Kier alpha value is -1.35. The van der Waals surface area contributed by atoms with E-state index in [4.69, 9.17) is 24.4 Å². The molecule has 206 valence electrons. The molecule has 3 unspecified atom stereocenters. The summed E-state index contributed by atoms with van der Waals surface area (Å²) in [5, 5.41) is 9.39. The first kappa shape index (κ1) is 30.2. The normalized spacial score (nSPS) is 21.3. The van der Waals surface area contributed by atoms with Crippen molar-refractivity contribution in [2.45, 2.75) is 91.4 Å². The Morgan fingerprint density at radius 3 is 2.11 bits per heavy atom. The van der Waals surface area contributed by atoms with Gasteiger partial charge >= 0.3 is 0 Å². The molecule has 0 spiro atoms. The second kappa shape index (κ2) is 14.7. The van der Waals surface area contributed by atoms with Gasteiger partial charge in [0.1, 0.15) is 0 Å². The molecule has 5 nitrogen and oxygen atoms in total. The predicted octanol–water partition coefficient (Wildman–Crippen LogP) is 8.36. The molecule has 0 fully saturated rings. The average Bonchev–Trinajstić information content (AvgIpc) is 3.51. The average molecular weight is 563 g/mol. The van der Waals surface area contributed by atoms with Crippen LogP contribution in [0.3, 0.4) is 0 Å². The van der Waals surface area contributed by atoms with E-state index in [9.17, 15) is 5.11 Å². The highest BCUT2D eigenvalue weighted by Crippen LogP contribution is 2.42. The summed E-state index contributed by atoms with van der Waals surface area (Å²) < 4.78 is 1.43. The van der Waals surface area contributed by atoms with Crippen molar-refractivity contribution in [1.82, 2.24) is 19.9 Å². The quantitative estimate of drug-likeness (QED) is 0.105. The van der Waals surface area contributed by atoms with E-state index in [-0.39, 0.29) is 6.61 Å². The first-order valence-corrected chi connectivity index (χ1v) is 15.4. The number of aliphatic hydroxyl groups excluding tert-OH is 1. The Labute approximate surface area is 238 Å². The lowest BCUT2D eigenvalue weighted by molar-refractivity contribution is 0.303. The van der Waals surface area contributed by atoms with Crippen LogP contribution in [-0.4, -0.2) is 37.4 Å². The number of hydrogen-bond donors (Lipinski definition) is 6. The highest BCUT2D eigenvalue weighted by atomic mass is 32.1. The SMILES string of the molecule is CCC1=C(CO)CC(Cc2c[nH]c(=S)[nH]2)CC1.CCC1=C(CS)CC(C(c2c[nH]c(=S)[nH]2)C(C)C)CC1. The summed E-state index contributed by atoms with van der Waals surface area (Å²) in [5.41, 5.74) is 8.39. The van der Waals surface area contributed by atoms with Gasteiger partial charge in [0.05, 0.1) is 6.61 Å². The zero-order valence-corrected chi connectivity index (χ0v) is 25.5. The number of H-pyrrole nitrogens is 4. The number of nitrogens with one attached hydrogen (secondary N) is 4. The minimum Gasteiger partial charge on any atom is -0.392 e. The maximum atomic E-state index is 9.39. The van der Waals surface area contributed by atoms with Crippen molar-refractivity contribution in [1.29, 1.82) is 0 Å². The third-order valence-corrected chi connectivity index (χ3v) is 9.13. The van der Waals surface area contributed by atoms with Crippen LogP contribution >= 0.6 is 37.1 Å². The molecule has 0 radical (unpaired) electrons. The second-order valence-electron chi connectivity index (χ2n) is 11.0. The number of thiol groups is 1. The van der Waals surface area contributed by atoms with E-state index >= 15 is 0 Å². The molecule has 2 aromatic heterocycles. The Bertz CT molecular complexity index is 1170. The van der Waals surface area contributed by atoms with Gasteiger partial charge in [-0.15, -0.1) is 0 Å². The van der Waals surface area contributed by atoms with Crippen molar-refractivity contribution in [3.63, 3.8) is 0 Å². The van der Waals surface area contributed by atoms with E-state index in [1.807, 2.05) is 6.20 Å². The summed E-state index contributed by atoms with van der Waals surface area (Å²) in [5.74, 6) is 3.41.